The van der Waals surface area contributed by atoms with E-state index in [4.69, 9.17) is 19.5 Å². The first-order valence-corrected chi connectivity index (χ1v) is 10.6. The molecule has 0 aliphatic carbocycles. The fourth-order valence-corrected chi connectivity index (χ4v) is 4.06. The predicted octanol–water partition coefficient (Wildman–Crippen LogP) is 4.21. The summed E-state index contributed by atoms with van der Waals surface area (Å²) < 4.78 is 16.0. The number of amides is 1. The van der Waals surface area contributed by atoms with Crippen LogP contribution in [0.5, 0.6) is 17.2 Å². The van der Waals surface area contributed by atoms with Gasteiger partial charge in [-0.2, -0.15) is 5.26 Å². The van der Waals surface area contributed by atoms with Gasteiger partial charge in [0.2, 0.25) is 0 Å². The summed E-state index contributed by atoms with van der Waals surface area (Å²) in [6.45, 7) is 0. The van der Waals surface area contributed by atoms with Gasteiger partial charge in [-0.3, -0.25) is 14.5 Å². The minimum Gasteiger partial charge on any atom is -0.507 e. The molecular formula is C27H22N2O6. The zero-order valence-corrected chi connectivity index (χ0v) is 19.3. The quantitative estimate of drug-likeness (QED) is 0.326. The van der Waals surface area contributed by atoms with Crippen molar-refractivity contribution in [3.05, 3.63) is 89.0 Å². The van der Waals surface area contributed by atoms with Crippen LogP contribution in [0.4, 0.5) is 5.69 Å². The summed E-state index contributed by atoms with van der Waals surface area (Å²) in [5.41, 5.74) is 1.57. The Labute approximate surface area is 202 Å². The lowest BCUT2D eigenvalue weighted by Crippen LogP contribution is -2.29. The number of nitriles is 1. The standard InChI is InChI=1S/C27H22N2O6/c1-33-20-6-4-5-18(13-20)25(30)23-24(17-9-12-21(34-2)22(14-17)35-3)29(27(32)26(23)31)19-10-7-16(15-28)8-11-19/h4-14,24,30H,1-3H3/b25-23-. The molecular weight excluding hydrogens is 448 g/mol. The van der Waals surface area contributed by atoms with Crippen molar-refractivity contribution in [3.8, 4) is 23.3 Å². The maximum absolute atomic E-state index is 13.3. The van der Waals surface area contributed by atoms with Crippen molar-refractivity contribution in [2.24, 2.45) is 0 Å². The molecule has 1 saturated heterocycles. The number of carbonyl (C=O) groups excluding carboxylic acids is 2. The van der Waals surface area contributed by atoms with Crippen LogP contribution in [0, 0.1) is 11.3 Å². The van der Waals surface area contributed by atoms with Crippen molar-refractivity contribution in [1.29, 1.82) is 5.26 Å². The van der Waals surface area contributed by atoms with Crippen LogP contribution < -0.4 is 19.1 Å². The minimum absolute atomic E-state index is 0.0835. The van der Waals surface area contributed by atoms with E-state index in [-0.39, 0.29) is 11.3 Å². The van der Waals surface area contributed by atoms with Gasteiger partial charge in [0.25, 0.3) is 11.7 Å². The number of benzene rings is 3. The van der Waals surface area contributed by atoms with E-state index in [0.717, 1.165) is 0 Å². The second kappa shape index (κ2) is 9.61. The molecule has 3 aromatic carbocycles. The summed E-state index contributed by atoms with van der Waals surface area (Å²) in [4.78, 5) is 27.9. The highest BCUT2D eigenvalue weighted by atomic mass is 16.5. The average Bonchev–Trinajstić information content (AvgIpc) is 3.17. The summed E-state index contributed by atoms with van der Waals surface area (Å²) in [6.07, 6.45) is 0. The predicted molar refractivity (Wildman–Crippen MR) is 128 cm³/mol. The molecule has 1 atom stereocenters. The van der Waals surface area contributed by atoms with Crippen LogP contribution in [0.1, 0.15) is 22.7 Å². The van der Waals surface area contributed by atoms with Gasteiger partial charge in [0.05, 0.1) is 44.6 Å². The van der Waals surface area contributed by atoms with Crippen LogP contribution >= 0.6 is 0 Å². The summed E-state index contributed by atoms with van der Waals surface area (Å²) in [7, 11) is 4.48. The zero-order valence-electron chi connectivity index (χ0n) is 19.3. The lowest BCUT2D eigenvalue weighted by atomic mass is 9.94. The fourth-order valence-electron chi connectivity index (χ4n) is 4.06. The van der Waals surface area contributed by atoms with Crippen LogP contribution in [-0.4, -0.2) is 38.1 Å². The summed E-state index contributed by atoms with van der Waals surface area (Å²) in [5.74, 6) is -0.624. The molecule has 1 aliphatic heterocycles. The molecule has 1 fully saturated rings. The lowest BCUT2D eigenvalue weighted by Gasteiger charge is -2.26. The van der Waals surface area contributed by atoms with Crippen molar-refractivity contribution >= 4 is 23.1 Å². The zero-order chi connectivity index (χ0) is 25.1. The van der Waals surface area contributed by atoms with Gasteiger partial charge in [0.1, 0.15) is 11.5 Å². The number of methoxy groups -OCH3 is 3. The monoisotopic (exact) mass is 470 g/mol. The first-order chi connectivity index (χ1) is 16.9. The Morgan fingerprint density at radius 3 is 2.26 bits per heavy atom. The van der Waals surface area contributed by atoms with E-state index in [1.54, 1.807) is 66.7 Å². The molecule has 8 heteroatoms. The molecule has 1 amide bonds. The molecule has 8 nitrogen and oxygen atoms in total. The number of nitrogens with zero attached hydrogens (tertiary/aromatic N) is 2. The van der Waals surface area contributed by atoms with Crippen molar-refractivity contribution < 1.29 is 28.9 Å². The number of anilines is 1. The number of aliphatic hydroxyl groups excluding tert-OH is 1. The molecule has 1 N–H and O–H groups in total. The number of ether oxygens (including phenoxy) is 3. The van der Waals surface area contributed by atoms with Crippen LogP contribution in [0.2, 0.25) is 0 Å². The SMILES string of the molecule is COc1cccc(/C(O)=C2/C(=O)C(=O)N(c3ccc(C#N)cc3)C2c2ccc(OC)c(OC)c2)c1. The van der Waals surface area contributed by atoms with E-state index in [2.05, 4.69) is 0 Å². The topological polar surface area (TPSA) is 109 Å². The summed E-state index contributed by atoms with van der Waals surface area (Å²) in [6, 6.07) is 19.0. The van der Waals surface area contributed by atoms with E-state index < -0.39 is 17.7 Å². The first-order valence-electron chi connectivity index (χ1n) is 10.6. The number of hydrogen-bond donors (Lipinski definition) is 1. The molecule has 0 bridgehead atoms. The third-order valence-electron chi connectivity index (χ3n) is 5.79. The van der Waals surface area contributed by atoms with Gasteiger partial charge in [0.15, 0.2) is 11.5 Å². The highest BCUT2D eigenvalue weighted by molar-refractivity contribution is 6.51. The molecule has 0 spiro atoms. The molecule has 0 radical (unpaired) electrons. The Morgan fingerprint density at radius 2 is 1.63 bits per heavy atom. The smallest absolute Gasteiger partial charge is 0.300 e. The van der Waals surface area contributed by atoms with Gasteiger partial charge in [0, 0.05) is 11.3 Å². The van der Waals surface area contributed by atoms with E-state index in [9.17, 15) is 14.7 Å². The second-order valence-corrected chi connectivity index (χ2v) is 7.67. The van der Waals surface area contributed by atoms with E-state index in [0.29, 0.717) is 39.6 Å². The fraction of sp³-hybridized carbons (Fsp3) is 0.148. The molecule has 176 valence electrons. The highest BCUT2D eigenvalue weighted by Crippen LogP contribution is 2.44. The van der Waals surface area contributed by atoms with Gasteiger partial charge >= 0.3 is 0 Å². The number of rotatable bonds is 6. The van der Waals surface area contributed by atoms with Gasteiger partial charge in [-0.15, -0.1) is 0 Å². The Kier molecular flexibility index (Phi) is 6.42. The van der Waals surface area contributed by atoms with Crippen LogP contribution in [0.3, 0.4) is 0 Å². The summed E-state index contributed by atoms with van der Waals surface area (Å²) >= 11 is 0. The number of hydrogen-bond acceptors (Lipinski definition) is 7. The van der Waals surface area contributed by atoms with Gasteiger partial charge in [-0.05, 0) is 54.1 Å². The lowest BCUT2D eigenvalue weighted by molar-refractivity contribution is -0.132. The molecule has 3 aromatic rings. The normalized spacial score (nSPS) is 16.6. The average molecular weight is 470 g/mol. The van der Waals surface area contributed by atoms with Crippen LogP contribution in [0.25, 0.3) is 5.76 Å². The maximum atomic E-state index is 13.3. The molecule has 0 saturated carbocycles. The van der Waals surface area contributed by atoms with Gasteiger partial charge < -0.3 is 19.3 Å². The highest BCUT2D eigenvalue weighted by Gasteiger charge is 2.47. The Bertz CT molecular complexity index is 1370. The van der Waals surface area contributed by atoms with Crippen LogP contribution in [0.15, 0.2) is 72.3 Å². The maximum Gasteiger partial charge on any atom is 0.300 e. The number of aliphatic hydroxyl groups is 1. The Morgan fingerprint density at radius 1 is 0.914 bits per heavy atom. The molecule has 35 heavy (non-hydrogen) atoms. The van der Waals surface area contributed by atoms with Crippen molar-refractivity contribution in [2.75, 3.05) is 26.2 Å². The van der Waals surface area contributed by atoms with Crippen molar-refractivity contribution in [2.45, 2.75) is 6.04 Å². The number of ketones is 1. The Balaban J connectivity index is 1.96. The minimum atomic E-state index is -0.964. The summed E-state index contributed by atoms with van der Waals surface area (Å²) in [5, 5.41) is 20.4. The van der Waals surface area contributed by atoms with Crippen molar-refractivity contribution in [3.63, 3.8) is 0 Å². The van der Waals surface area contributed by atoms with Gasteiger partial charge in [-0.25, -0.2) is 0 Å². The molecule has 0 aromatic heterocycles. The largest absolute Gasteiger partial charge is 0.507 e. The molecule has 1 aliphatic rings. The van der Waals surface area contributed by atoms with E-state index in [1.165, 1.54) is 26.2 Å². The number of Topliss-reactive ketones (excluding diaryl/α,β-unsaturated/α-hetero) is 1. The van der Waals surface area contributed by atoms with E-state index in [1.807, 2.05) is 6.07 Å². The van der Waals surface area contributed by atoms with E-state index >= 15 is 0 Å². The molecule has 1 unspecified atom stereocenters. The molecule has 1 heterocycles. The second-order valence-electron chi connectivity index (χ2n) is 7.67. The molecule has 4 rings (SSSR count). The first kappa shape index (κ1) is 23.4. The van der Waals surface area contributed by atoms with Gasteiger partial charge in [-0.1, -0.05) is 18.2 Å². The van der Waals surface area contributed by atoms with Crippen molar-refractivity contribution in [1.82, 2.24) is 0 Å². The Hall–Kier alpha value is -4.77. The third-order valence-corrected chi connectivity index (χ3v) is 5.79. The van der Waals surface area contributed by atoms with Crippen LogP contribution in [-0.2, 0) is 9.59 Å². The third kappa shape index (κ3) is 4.15. The number of carbonyl (C=O) groups is 2.